The monoisotopic (exact) mass is 350 g/mol. The fraction of sp³-hybridized carbons (Fsp3) is 1.00. The van der Waals surface area contributed by atoms with Crippen molar-refractivity contribution in [2.24, 2.45) is 11.3 Å². The Bertz CT molecular complexity index is 411. The standard InChI is InChI=1S/C16H30O8/c1-7-13(24-15-12(21)11(20)9(18)6-22-15)10(19)8(5-17)14(23-7)16(2,3)4/h7-15,17-21H,5-6H2,1-4H3/t7?,8?,9-,10?,11?,12?,13+,14-,15+/m1/s1. The van der Waals surface area contributed by atoms with E-state index in [0.717, 1.165) is 0 Å². The van der Waals surface area contributed by atoms with Gasteiger partial charge in [-0.25, -0.2) is 0 Å². The van der Waals surface area contributed by atoms with Gasteiger partial charge in [0.2, 0.25) is 0 Å². The van der Waals surface area contributed by atoms with E-state index in [1.165, 1.54) is 0 Å². The van der Waals surface area contributed by atoms with Gasteiger partial charge in [0.05, 0.1) is 31.5 Å². The number of hydrogen-bond acceptors (Lipinski definition) is 8. The molecule has 8 nitrogen and oxygen atoms in total. The molecular weight excluding hydrogens is 320 g/mol. The molecule has 24 heavy (non-hydrogen) atoms. The van der Waals surface area contributed by atoms with Gasteiger partial charge in [-0.1, -0.05) is 20.8 Å². The summed E-state index contributed by atoms with van der Waals surface area (Å²) in [5, 5.41) is 49.5. The van der Waals surface area contributed by atoms with Crippen molar-refractivity contribution in [3.63, 3.8) is 0 Å². The van der Waals surface area contributed by atoms with Gasteiger partial charge in [-0.05, 0) is 12.3 Å². The topological polar surface area (TPSA) is 129 Å². The molecule has 5 unspecified atom stereocenters. The van der Waals surface area contributed by atoms with Gasteiger partial charge in [-0.3, -0.25) is 0 Å². The van der Waals surface area contributed by atoms with Crippen LogP contribution in [0.25, 0.3) is 0 Å². The van der Waals surface area contributed by atoms with Crippen molar-refractivity contribution in [3.8, 4) is 0 Å². The van der Waals surface area contributed by atoms with E-state index in [2.05, 4.69) is 0 Å². The zero-order valence-electron chi connectivity index (χ0n) is 14.6. The van der Waals surface area contributed by atoms with E-state index in [9.17, 15) is 25.5 Å². The molecule has 0 amide bonds. The summed E-state index contributed by atoms with van der Waals surface area (Å²) < 4.78 is 16.8. The van der Waals surface area contributed by atoms with Crippen LogP contribution in [0.15, 0.2) is 0 Å². The molecule has 2 fully saturated rings. The Morgan fingerprint density at radius 1 is 1.04 bits per heavy atom. The minimum absolute atomic E-state index is 0.186. The molecule has 0 saturated carbocycles. The molecule has 0 aromatic heterocycles. The second-order valence-electron chi connectivity index (χ2n) is 7.82. The Hall–Kier alpha value is -0.320. The van der Waals surface area contributed by atoms with Crippen LogP contribution >= 0.6 is 0 Å². The van der Waals surface area contributed by atoms with Gasteiger partial charge in [0.1, 0.15) is 24.4 Å². The van der Waals surface area contributed by atoms with Gasteiger partial charge >= 0.3 is 0 Å². The number of aliphatic hydroxyl groups excluding tert-OH is 5. The predicted octanol–water partition coefficient (Wildman–Crippen LogP) is -1.39. The van der Waals surface area contributed by atoms with E-state index >= 15 is 0 Å². The lowest BCUT2D eigenvalue weighted by Gasteiger charge is -2.49. The summed E-state index contributed by atoms with van der Waals surface area (Å²) in [6.07, 6.45) is -7.97. The van der Waals surface area contributed by atoms with Crippen LogP contribution in [-0.4, -0.2) is 87.8 Å². The molecule has 2 aliphatic rings. The van der Waals surface area contributed by atoms with Gasteiger partial charge in [-0.15, -0.1) is 0 Å². The van der Waals surface area contributed by atoms with Gasteiger partial charge in [0, 0.05) is 5.92 Å². The predicted molar refractivity (Wildman–Crippen MR) is 83.0 cm³/mol. The maximum absolute atomic E-state index is 10.7. The molecule has 0 radical (unpaired) electrons. The molecule has 0 aliphatic carbocycles. The Balaban J connectivity index is 2.11. The molecule has 0 bridgehead atoms. The Morgan fingerprint density at radius 2 is 1.67 bits per heavy atom. The maximum Gasteiger partial charge on any atom is 0.186 e. The molecule has 5 N–H and O–H groups in total. The summed E-state index contributed by atoms with van der Waals surface area (Å²) in [6, 6.07) is 0. The van der Waals surface area contributed by atoms with E-state index in [-0.39, 0.29) is 24.7 Å². The fourth-order valence-electron chi connectivity index (χ4n) is 3.41. The molecule has 0 aromatic carbocycles. The number of ether oxygens (including phenoxy) is 3. The molecular formula is C16H30O8. The molecule has 0 spiro atoms. The van der Waals surface area contributed by atoms with Gasteiger partial charge in [0.25, 0.3) is 0 Å². The number of aliphatic hydroxyl groups is 5. The van der Waals surface area contributed by atoms with Crippen LogP contribution < -0.4 is 0 Å². The Morgan fingerprint density at radius 3 is 2.21 bits per heavy atom. The Kier molecular flexibility index (Phi) is 6.26. The lowest BCUT2D eigenvalue weighted by atomic mass is 9.75. The third-order valence-corrected chi connectivity index (χ3v) is 4.80. The van der Waals surface area contributed by atoms with Crippen molar-refractivity contribution in [1.82, 2.24) is 0 Å². The normalized spacial score (nSPS) is 47.6. The van der Waals surface area contributed by atoms with Crippen molar-refractivity contribution in [3.05, 3.63) is 0 Å². The number of hydrogen-bond donors (Lipinski definition) is 5. The first kappa shape index (κ1) is 20.0. The van der Waals surface area contributed by atoms with Crippen LogP contribution in [0.5, 0.6) is 0 Å². The first-order chi connectivity index (χ1) is 11.1. The Labute approximate surface area is 142 Å². The summed E-state index contributed by atoms with van der Waals surface area (Å²) >= 11 is 0. The van der Waals surface area contributed by atoms with Crippen molar-refractivity contribution in [1.29, 1.82) is 0 Å². The highest BCUT2D eigenvalue weighted by atomic mass is 16.7. The van der Waals surface area contributed by atoms with Crippen molar-refractivity contribution in [2.45, 2.75) is 76.7 Å². The van der Waals surface area contributed by atoms with E-state index in [1.807, 2.05) is 20.8 Å². The smallest absolute Gasteiger partial charge is 0.186 e. The average Bonchev–Trinajstić information content (AvgIpc) is 2.49. The van der Waals surface area contributed by atoms with Crippen LogP contribution in [0.3, 0.4) is 0 Å². The first-order valence-corrected chi connectivity index (χ1v) is 8.33. The summed E-state index contributed by atoms with van der Waals surface area (Å²) in [4.78, 5) is 0. The molecule has 2 aliphatic heterocycles. The fourth-order valence-corrected chi connectivity index (χ4v) is 3.41. The molecule has 8 heteroatoms. The third-order valence-electron chi connectivity index (χ3n) is 4.80. The van der Waals surface area contributed by atoms with E-state index < -0.39 is 48.8 Å². The molecule has 9 atom stereocenters. The van der Waals surface area contributed by atoms with Crippen molar-refractivity contribution >= 4 is 0 Å². The summed E-state index contributed by atoms with van der Waals surface area (Å²) in [7, 11) is 0. The second-order valence-corrected chi connectivity index (χ2v) is 7.82. The number of rotatable bonds is 3. The van der Waals surface area contributed by atoms with Gasteiger partial charge < -0.3 is 39.7 Å². The minimum Gasteiger partial charge on any atom is -0.396 e. The first-order valence-electron chi connectivity index (χ1n) is 8.33. The molecule has 142 valence electrons. The van der Waals surface area contributed by atoms with Gasteiger partial charge in [0.15, 0.2) is 6.29 Å². The highest BCUT2D eigenvalue weighted by Crippen LogP contribution is 2.38. The largest absolute Gasteiger partial charge is 0.396 e. The van der Waals surface area contributed by atoms with Crippen LogP contribution in [0, 0.1) is 11.3 Å². The quantitative estimate of drug-likeness (QED) is 0.421. The average molecular weight is 350 g/mol. The molecule has 0 aromatic rings. The molecule has 2 rings (SSSR count). The van der Waals surface area contributed by atoms with Crippen LogP contribution in [-0.2, 0) is 14.2 Å². The van der Waals surface area contributed by atoms with Gasteiger partial charge in [-0.2, -0.15) is 0 Å². The minimum atomic E-state index is -1.44. The molecule has 2 heterocycles. The zero-order chi connectivity index (χ0) is 18.2. The molecule has 2 saturated heterocycles. The maximum atomic E-state index is 10.7. The van der Waals surface area contributed by atoms with Crippen molar-refractivity contribution < 1.29 is 39.7 Å². The van der Waals surface area contributed by atoms with E-state index in [4.69, 9.17) is 14.2 Å². The summed E-state index contributed by atoms with van der Waals surface area (Å²) in [5.41, 5.74) is -0.283. The second kappa shape index (κ2) is 7.51. The SMILES string of the molecule is CC1O[C@@H](C(C)(C)C)C(CO)C(O)[C@H]1O[C@@H]1OC[C@@H](O)C(O)C1O. The summed E-state index contributed by atoms with van der Waals surface area (Å²) in [5.74, 6) is -0.553. The van der Waals surface area contributed by atoms with E-state index in [0.29, 0.717) is 0 Å². The summed E-state index contributed by atoms with van der Waals surface area (Å²) in [6.45, 7) is 7.17. The third kappa shape index (κ3) is 3.91. The highest BCUT2D eigenvalue weighted by Gasteiger charge is 2.50. The van der Waals surface area contributed by atoms with E-state index in [1.54, 1.807) is 6.92 Å². The zero-order valence-corrected chi connectivity index (χ0v) is 14.6. The van der Waals surface area contributed by atoms with Crippen molar-refractivity contribution in [2.75, 3.05) is 13.2 Å². The lowest BCUT2D eigenvalue weighted by Crippen LogP contribution is -2.62. The lowest BCUT2D eigenvalue weighted by molar-refractivity contribution is -0.322. The highest BCUT2D eigenvalue weighted by molar-refractivity contribution is 4.96. The van der Waals surface area contributed by atoms with Crippen LogP contribution in [0.2, 0.25) is 0 Å². The van der Waals surface area contributed by atoms with Crippen LogP contribution in [0.4, 0.5) is 0 Å². The van der Waals surface area contributed by atoms with Crippen LogP contribution in [0.1, 0.15) is 27.7 Å².